The van der Waals surface area contributed by atoms with Gasteiger partial charge in [0, 0.05) is 16.6 Å². The molecule has 0 saturated heterocycles. The smallest absolute Gasteiger partial charge is 0.183 e. The molecule has 0 amide bonds. The second kappa shape index (κ2) is 7.38. The van der Waals surface area contributed by atoms with Crippen molar-refractivity contribution >= 4 is 48.3 Å². The van der Waals surface area contributed by atoms with Gasteiger partial charge in [-0.15, -0.1) is 16.9 Å². The van der Waals surface area contributed by atoms with Gasteiger partial charge in [0.2, 0.25) is 0 Å². The Kier molecular flexibility index (Phi) is 5.72. The van der Waals surface area contributed by atoms with Gasteiger partial charge in [0.15, 0.2) is 4.47 Å². The second-order valence-corrected chi connectivity index (χ2v) is 12.8. The minimum Gasteiger partial charge on any atom is -0.379 e. The van der Waals surface area contributed by atoms with E-state index >= 15 is 0 Å². The monoisotopic (exact) mass is 379 g/mol. The topological polar surface area (TPSA) is 48.7 Å². The second-order valence-electron chi connectivity index (χ2n) is 5.92. The molecule has 1 heterocycles. The number of aromatic nitrogens is 1. The normalized spacial score (nSPS) is 10.6. The number of hydrogen-bond donors (Lipinski definition) is 1. The van der Waals surface area contributed by atoms with Crippen LogP contribution in [0.25, 0.3) is 0 Å². The molecule has 0 spiro atoms. The predicted molar refractivity (Wildman–Crippen MR) is 101 cm³/mol. The first kappa shape index (κ1) is 17.8. The van der Waals surface area contributed by atoms with E-state index in [2.05, 4.69) is 47.5 Å². The van der Waals surface area contributed by atoms with Crippen LogP contribution < -0.4 is 5.32 Å². The average molecular weight is 380 g/mol. The van der Waals surface area contributed by atoms with Gasteiger partial charge < -0.3 is 5.32 Å². The molecule has 0 saturated carbocycles. The van der Waals surface area contributed by atoms with Crippen LogP contribution in [0.15, 0.2) is 18.3 Å². The maximum atomic E-state index is 9.16. The highest BCUT2D eigenvalue weighted by atomic mass is 35.5. The molecular weight excluding hydrogens is 365 g/mol. The highest BCUT2D eigenvalue weighted by Crippen LogP contribution is 2.26. The average Bonchev–Trinajstić information content (AvgIpc) is 2.88. The van der Waals surface area contributed by atoms with Gasteiger partial charge in [0.05, 0.1) is 22.8 Å². The molecule has 0 bridgehead atoms. The van der Waals surface area contributed by atoms with Gasteiger partial charge in [-0.1, -0.05) is 48.8 Å². The molecule has 0 atom stereocenters. The summed E-state index contributed by atoms with van der Waals surface area (Å²) in [4.78, 5) is 5.03. The van der Waals surface area contributed by atoms with E-state index in [4.69, 9.17) is 28.5 Å². The summed E-state index contributed by atoms with van der Waals surface area (Å²) < 4.78 is 0.512. The summed E-state index contributed by atoms with van der Waals surface area (Å²) in [5.74, 6) is 3.20. The zero-order chi connectivity index (χ0) is 17.0. The van der Waals surface area contributed by atoms with E-state index in [9.17, 15) is 0 Å². The Morgan fingerprint density at radius 3 is 2.57 bits per heavy atom. The summed E-state index contributed by atoms with van der Waals surface area (Å²) in [6, 6.07) is 5.58. The third-order valence-electron chi connectivity index (χ3n) is 2.78. The highest BCUT2D eigenvalue weighted by molar-refractivity contribution is 7.15. The van der Waals surface area contributed by atoms with E-state index in [0.717, 1.165) is 16.1 Å². The minimum absolute atomic E-state index is 0.413. The molecule has 1 N–H and O–H groups in total. The van der Waals surface area contributed by atoms with Crippen molar-refractivity contribution in [1.29, 1.82) is 5.26 Å². The fourth-order valence-electron chi connectivity index (χ4n) is 1.71. The fraction of sp³-hybridized carbons (Fsp3) is 0.250. The van der Waals surface area contributed by atoms with Crippen LogP contribution in [-0.2, 0) is 6.54 Å². The Balaban J connectivity index is 2.34. The van der Waals surface area contributed by atoms with Crippen LogP contribution in [0, 0.1) is 22.8 Å². The molecule has 0 unspecified atom stereocenters. The van der Waals surface area contributed by atoms with Crippen LogP contribution in [0.3, 0.4) is 0 Å². The fourth-order valence-corrected chi connectivity index (χ4v) is 3.34. The highest BCUT2D eigenvalue weighted by Gasteiger charge is 2.11. The summed E-state index contributed by atoms with van der Waals surface area (Å²) in [6.45, 7) is 7.10. The summed E-state index contributed by atoms with van der Waals surface area (Å²) in [5.41, 5.74) is 5.34. The Bertz CT molecular complexity index is 823. The summed E-state index contributed by atoms with van der Waals surface area (Å²) in [5, 5.41) is 12.9. The number of hydrogen-bond acceptors (Lipinski definition) is 4. The number of nitrogens with one attached hydrogen (secondary N) is 1. The lowest BCUT2D eigenvalue weighted by Gasteiger charge is -2.10. The molecule has 0 fully saturated rings. The number of nitrogens with zero attached hydrogens (tertiary/aromatic N) is 2. The Labute approximate surface area is 151 Å². The van der Waals surface area contributed by atoms with Gasteiger partial charge in [-0.2, -0.15) is 5.26 Å². The zero-order valence-corrected chi connectivity index (χ0v) is 16.3. The predicted octanol–water partition coefficient (Wildman–Crippen LogP) is 5.16. The number of thiazole rings is 1. The van der Waals surface area contributed by atoms with Crippen LogP contribution in [0.2, 0.25) is 29.1 Å². The van der Waals surface area contributed by atoms with Crippen molar-refractivity contribution in [2.75, 3.05) is 5.32 Å². The molecular formula is C16H15Cl2N3SSi. The van der Waals surface area contributed by atoms with Gasteiger partial charge in [-0.25, -0.2) is 4.98 Å². The van der Waals surface area contributed by atoms with E-state index in [0.29, 0.717) is 21.6 Å². The SMILES string of the molecule is C[Si](C)(C)C#Cc1cc(C#N)c(Cl)cc1NCc1cnc(Cl)s1. The first-order chi connectivity index (χ1) is 10.8. The van der Waals surface area contributed by atoms with E-state index in [1.807, 2.05) is 0 Å². The molecule has 0 radical (unpaired) electrons. The van der Waals surface area contributed by atoms with Crippen LogP contribution >= 0.6 is 34.5 Å². The number of anilines is 1. The van der Waals surface area contributed by atoms with Crippen molar-refractivity contribution in [2.45, 2.75) is 26.2 Å². The molecule has 0 aliphatic heterocycles. The Morgan fingerprint density at radius 1 is 1.26 bits per heavy atom. The van der Waals surface area contributed by atoms with Crippen molar-refractivity contribution in [1.82, 2.24) is 4.98 Å². The van der Waals surface area contributed by atoms with E-state index < -0.39 is 8.07 Å². The summed E-state index contributed by atoms with van der Waals surface area (Å²) in [6.07, 6.45) is 1.73. The Morgan fingerprint density at radius 2 is 2.00 bits per heavy atom. The molecule has 23 heavy (non-hydrogen) atoms. The molecule has 2 rings (SSSR count). The van der Waals surface area contributed by atoms with E-state index in [-0.39, 0.29) is 0 Å². The van der Waals surface area contributed by atoms with Crippen LogP contribution in [-0.4, -0.2) is 13.1 Å². The van der Waals surface area contributed by atoms with Gasteiger partial charge in [0.1, 0.15) is 14.1 Å². The standard InChI is InChI=1S/C16H15Cl2N3SSi/c1-23(2,3)5-4-11-6-12(8-19)14(17)7-15(11)20-9-13-10-21-16(18)22-13/h6-7,10,20H,9H2,1-3H3. The molecule has 7 heteroatoms. The zero-order valence-electron chi connectivity index (χ0n) is 13.0. The lowest BCUT2D eigenvalue weighted by molar-refractivity contribution is 1.17. The summed E-state index contributed by atoms with van der Waals surface area (Å²) in [7, 11) is -1.52. The molecule has 1 aromatic carbocycles. The van der Waals surface area contributed by atoms with Crippen molar-refractivity contribution in [3.05, 3.63) is 43.8 Å². The number of rotatable bonds is 3. The third-order valence-corrected chi connectivity index (χ3v) is 5.08. The number of halogens is 2. The summed E-state index contributed by atoms with van der Waals surface area (Å²) >= 11 is 13.4. The molecule has 118 valence electrons. The van der Waals surface area contributed by atoms with Crippen molar-refractivity contribution in [3.63, 3.8) is 0 Å². The molecule has 3 nitrogen and oxygen atoms in total. The minimum atomic E-state index is -1.52. The number of benzene rings is 1. The van der Waals surface area contributed by atoms with Gasteiger partial charge >= 0.3 is 0 Å². The lowest BCUT2D eigenvalue weighted by atomic mass is 10.1. The Hall–Kier alpha value is -1.50. The third kappa shape index (κ3) is 5.26. The van der Waals surface area contributed by atoms with Crippen molar-refractivity contribution in [3.8, 4) is 17.5 Å². The lowest BCUT2D eigenvalue weighted by Crippen LogP contribution is -2.16. The molecule has 1 aromatic heterocycles. The maximum Gasteiger partial charge on any atom is 0.183 e. The van der Waals surface area contributed by atoms with Crippen molar-refractivity contribution < 1.29 is 0 Å². The maximum absolute atomic E-state index is 9.16. The first-order valence-corrected chi connectivity index (χ1v) is 12.0. The van der Waals surface area contributed by atoms with Crippen LogP contribution in [0.5, 0.6) is 0 Å². The van der Waals surface area contributed by atoms with Crippen LogP contribution in [0.4, 0.5) is 5.69 Å². The largest absolute Gasteiger partial charge is 0.379 e. The molecule has 0 aliphatic carbocycles. The van der Waals surface area contributed by atoms with Gasteiger partial charge in [-0.05, 0) is 12.1 Å². The van der Waals surface area contributed by atoms with E-state index in [1.165, 1.54) is 11.3 Å². The number of nitriles is 1. The van der Waals surface area contributed by atoms with E-state index in [1.54, 1.807) is 18.3 Å². The van der Waals surface area contributed by atoms with Crippen LogP contribution in [0.1, 0.15) is 16.0 Å². The molecule has 2 aromatic rings. The quantitative estimate of drug-likeness (QED) is 0.591. The van der Waals surface area contributed by atoms with Crippen molar-refractivity contribution in [2.24, 2.45) is 0 Å². The first-order valence-electron chi connectivity index (χ1n) is 6.89. The molecule has 0 aliphatic rings. The van der Waals surface area contributed by atoms with Gasteiger partial charge in [-0.3, -0.25) is 0 Å². The van der Waals surface area contributed by atoms with Gasteiger partial charge in [0.25, 0.3) is 0 Å².